The lowest BCUT2D eigenvalue weighted by molar-refractivity contribution is 0.608. The first-order chi connectivity index (χ1) is 6.20. The second-order valence-electron chi connectivity index (χ2n) is 3.04. The number of hydrogen-bond donors (Lipinski definition) is 1. The molecule has 0 saturated carbocycles. The summed E-state index contributed by atoms with van der Waals surface area (Å²) in [5, 5.41) is 0.587. The monoisotopic (exact) mass is 217 g/mol. The highest BCUT2D eigenvalue weighted by molar-refractivity contribution is 7.98. The molecule has 0 fully saturated rings. The number of thioether (sulfide) groups is 1. The third-order valence-corrected chi connectivity index (χ3v) is 3.58. The molecule has 4 heteroatoms. The lowest BCUT2D eigenvalue weighted by Crippen LogP contribution is -2.20. The Kier molecular flexibility index (Phi) is 2.49. The Bertz CT molecular complexity index is 343. The molecule has 0 bridgehead atoms. The predicted octanol–water partition coefficient (Wildman–Crippen LogP) is 2.73. The van der Waals surface area contributed by atoms with Crippen LogP contribution in [0.2, 0.25) is 5.02 Å². The van der Waals surface area contributed by atoms with Crippen LogP contribution in [0, 0.1) is 5.82 Å². The summed E-state index contributed by atoms with van der Waals surface area (Å²) in [4.78, 5) is 0. The maximum absolute atomic E-state index is 13.3. The van der Waals surface area contributed by atoms with Gasteiger partial charge in [-0.1, -0.05) is 11.6 Å². The Balaban J connectivity index is 2.60. The molecule has 70 valence electrons. The summed E-state index contributed by atoms with van der Waals surface area (Å²) in [7, 11) is 0. The third-order valence-electron chi connectivity index (χ3n) is 2.16. The molecule has 1 nitrogen and oxygen atoms in total. The van der Waals surface area contributed by atoms with Crippen LogP contribution in [0.25, 0.3) is 0 Å². The molecular weight excluding hydrogens is 209 g/mol. The molecule has 0 amide bonds. The second-order valence-corrected chi connectivity index (χ2v) is 4.48. The number of halogens is 2. The van der Waals surface area contributed by atoms with Crippen molar-refractivity contribution >= 4 is 23.4 Å². The van der Waals surface area contributed by atoms with E-state index in [2.05, 4.69) is 0 Å². The van der Waals surface area contributed by atoms with Crippen LogP contribution in [0.1, 0.15) is 17.2 Å². The molecule has 13 heavy (non-hydrogen) atoms. The van der Waals surface area contributed by atoms with Gasteiger partial charge in [0, 0.05) is 28.1 Å². The van der Waals surface area contributed by atoms with Crippen LogP contribution < -0.4 is 5.73 Å². The fourth-order valence-electron chi connectivity index (χ4n) is 1.53. The Labute approximate surface area is 85.5 Å². The Morgan fingerprint density at radius 3 is 3.00 bits per heavy atom. The van der Waals surface area contributed by atoms with Crippen LogP contribution in [0.4, 0.5) is 4.39 Å². The molecule has 0 spiro atoms. The maximum atomic E-state index is 13.3. The number of fused-ring (bicyclic) bond motifs is 1. The van der Waals surface area contributed by atoms with E-state index in [0.29, 0.717) is 16.3 Å². The Hall–Kier alpha value is -0.250. The Morgan fingerprint density at radius 1 is 1.54 bits per heavy atom. The van der Waals surface area contributed by atoms with E-state index >= 15 is 0 Å². The minimum Gasteiger partial charge on any atom is -0.323 e. The van der Waals surface area contributed by atoms with Gasteiger partial charge in [-0.3, -0.25) is 0 Å². The molecule has 0 radical (unpaired) electrons. The van der Waals surface area contributed by atoms with Gasteiger partial charge in [-0.2, -0.15) is 11.8 Å². The quantitative estimate of drug-likeness (QED) is 0.723. The van der Waals surface area contributed by atoms with Crippen molar-refractivity contribution in [2.24, 2.45) is 5.73 Å². The minimum atomic E-state index is -0.193. The van der Waals surface area contributed by atoms with E-state index in [1.54, 1.807) is 17.8 Å². The molecule has 2 rings (SSSR count). The molecule has 2 N–H and O–H groups in total. The van der Waals surface area contributed by atoms with E-state index in [-0.39, 0.29) is 11.9 Å². The number of nitrogens with two attached hydrogens (primary N) is 1. The van der Waals surface area contributed by atoms with Crippen molar-refractivity contribution in [1.82, 2.24) is 0 Å². The predicted molar refractivity (Wildman–Crippen MR) is 54.5 cm³/mol. The molecule has 0 aromatic heterocycles. The first-order valence-electron chi connectivity index (χ1n) is 4.00. The average molecular weight is 218 g/mol. The largest absolute Gasteiger partial charge is 0.323 e. The third kappa shape index (κ3) is 1.56. The van der Waals surface area contributed by atoms with E-state index in [1.807, 2.05) is 0 Å². The lowest BCUT2D eigenvalue weighted by Gasteiger charge is -2.23. The van der Waals surface area contributed by atoms with Crippen LogP contribution in [-0.4, -0.2) is 5.75 Å². The van der Waals surface area contributed by atoms with Gasteiger partial charge in [-0.15, -0.1) is 0 Å². The van der Waals surface area contributed by atoms with Gasteiger partial charge in [-0.05, 0) is 17.7 Å². The van der Waals surface area contributed by atoms with Crippen molar-refractivity contribution in [3.63, 3.8) is 0 Å². The topological polar surface area (TPSA) is 26.0 Å². The lowest BCUT2D eigenvalue weighted by atomic mass is 10.0. The summed E-state index contributed by atoms with van der Waals surface area (Å²) in [5.74, 6) is 1.30. The Morgan fingerprint density at radius 2 is 2.31 bits per heavy atom. The van der Waals surface area contributed by atoms with Crippen molar-refractivity contribution in [2.45, 2.75) is 11.8 Å². The van der Waals surface area contributed by atoms with Gasteiger partial charge in [-0.25, -0.2) is 4.39 Å². The van der Waals surface area contributed by atoms with Crippen LogP contribution in [0.15, 0.2) is 12.1 Å². The molecule has 0 unspecified atom stereocenters. The molecule has 0 aliphatic carbocycles. The summed E-state index contributed by atoms with van der Waals surface area (Å²) < 4.78 is 13.3. The van der Waals surface area contributed by atoms with Gasteiger partial charge in [0.05, 0.1) is 0 Å². The van der Waals surface area contributed by atoms with Crippen LogP contribution in [-0.2, 0) is 5.75 Å². The van der Waals surface area contributed by atoms with Crippen LogP contribution in [0.5, 0.6) is 0 Å². The van der Waals surface area contributed by atoms with Crippen molar-refractivity contribution in [2.75, 3.05) is 5.75 Å². The summed E-state index contributed by atoms with van der Waals surface area (Å²) in [5.41, 5.74) is 7.31. The normalized spacial score (nSPS) is 21.3. The van der Waals surface area contributed by atoms with Crippen molar-refractivity contribution in [3.8, 4) is 0 Å². The summed E-state index contributed by atoms with van der Waals surface area (Å²) in [6.45, 7) is 0. The maximum Gasteiger partial charge on any atom is 0.127 e. The first kappa shape index (κ1) is 9.31. The van der Waals surface area contributed by atoms with Gasteiger partial charge >= 0.3 is 0 Å². The van der Waals surface area contributed by atoms with E-state index in [1.165, 1.54) is 6.07 Å². The van der Waals surface area contributed by atoms with Crippen molar-refractivity contribution in [3.05, 3.63) is 34.1 Å². The van der Waals surface area contributed by atoms with E-state index in [4.69, 9.17) is 17.3 Å². The fourth-order valence-corrected chi connectivity index (χ4v) is 2.88. The minimum absolute atomic E-state index is 0.128. The molecule has 1 aliphatic heterocycles. The zero-order valence-corrected chi connectivity index (χ0v) is 8.46. The van der Waals surface area contributed by atoms with Crippen molar-refractivity contribution < 1.29 is 4.39 Å². The van der Waals surface area contributed by atoms with Gasteiger partial charge in [0.15, 0.2) is 0 Å². The molecule has 1 aliphatic rings. The zero-order chi connectivity index (χ0) is 9.42. The number of benzene rings is 1. The summed E-state index contributed by atoms with van der Waals surface area (Å²) in [6, 6.07) is 2.85. The zero-order valence-electron chi connectivity index (χ0n) is 6.89. The molecule has 0 saturated heterocycles. The first-order valence-corrected chi connectivity index (χ1v) is 5.53. The highest BCUT2D eigenvalue weighted by atomic mass is 35.5. The highest BCUT2D eigenvalue weighted by Gasteiger charge is 2.22. The fraction of sp³-hybridized carbons (Fsp3) is 0.333. The highest BCUT2D eigenvalue weighted by Crippen LogP contribution is 2.36. The van der Waals surface area contributed by atoms with Crippen LogP contribution in [0.3, 0.4) is 0 Å². The molecular formula is C9H9ClFNS. The summed E-state index contributed by atoms with van der Waals surface area (Å²) in [6.07, 6.45) is 0. The van der Waals surface area contributed by atoms with Gasteiger partial charge in [0.25, 0.3) is 0 Å². The van der Waals surface area contributed by atoms with E-state index in [9.17, 15) is 4.39 Å². The second kappa shape index (κ2) is 3.48. The molecule has 1 heterocycles. The number of hydrogen-bond acceptors (Lipinski definition) is 2. The molecule has 1 aromatic rings. The standard InChI is InChI=1S/C9H9ClFNS/c10-6-1-2-7(11)5-3-13-4-8(12)9(5)6/h1-2,8H,3-4,12H2/t8-/m1/s1. The number of rotatable bonds is 0. The smallest absolute Gasteiger partial charge is 0.127 e. The van der Waals surface area contributed by atoms with Gasteiger partial charge in [0.2, 0.25) is 0 Å². The summed E-state index contributed by atoms with van der Waals surface area (Å²) >= 11 is 7.60. The van der Waals surface area contributed by atoms with E-state index in [0.717, 1.165) is 11.3 Å². The van der Waals surface area contributed by atoms with Crippen LogP contribution >= 0.6 is 23.4 Å². The van der Waals surface area contributed by atoms with E-state index < -0.39 is 0 Å². The molecule has 1 aromatic carbocycles. The van der Waals surface area contributed by atoms with Crippen molar-refractivity contribution in [1.29, 1.82) is 0 Å². The van der Waals surface area contributed by atoms with Gasteiger partial charge < -0.3 is 5.73 Å². The molecule has 1 atom stereocenters. The SMILES string of the molecule is N[C@@H]1CSCc2c(F)ccc(Cl)c21. The average Bonchev–Trinajstić information content (AvgIpc) is 2.12. The van der Waals surface area contributed by atoms with Gasteiger partial charge in [0.1, 0.15) is 5.82 Å².